The molecule has 1 atom stereocenters. The van der Waals surface area contributed by atoms with Crippen molar-refractivity contribution in [2.45, 2.75) is 4.90 Å². The lowest BCUT2D eigenvalue weighted by Crippen LogP contribution is -1.86. The van der Waals surface area contributed by atoms with E-state index in [1.807, 2.05) is 18.2 Å². The van der Waals surface area contributed by atoms with Crippen LogP contribution in [0.2, 0.25) is 0 Å². The molecule has 0 aliphatic rings. The van der Waals surface area contributed by atoms with Crippen molar-refractivity contribution in [2.24, 2.45) is 0 Å². The van der Waals surface area contributed by atoms with Crippen LogP contribution in [0.4, 0.5) is 0 Å². The highest BCUT2D eigenvalue weighted by Crippen LogP contribution is 2.07. The van der Waals surface area contributed by atoms with Gasteiger partial charge in [-0.15, -0.1) is 0 Å². The van der Waals surface area contributed by atoms with Gasteiger partial charge in [0.15, 0.2) is 0 Å². The smallest absolute Gasteiger partial charge is 0.0777 e. The first-order chi connectivity index (χ1) is 7.86. The van der Waals surface area contributed by atoms with Crippen LogP contribution in [0.3, 0.4) is 0 Å². The van der Waals surface area contributed by atoms with Gasteiger partial charge in [-0.1, -0.05) is 0 Å². The van der Waals surface area contributed by atoms with Crippen LogP contribution in [0.15, 0.2) is 59.4 Å². The van der Waals surface area contributed by atoms with Crippen LogP contribution < -0.4 is 0 Å². The topological polar surface area (TPSA) is 42.9 Å². The molecule has 0 saturated heterocycles. The second-order valence-corrected chi connectivity index (χ2v) is 4.40. The Balaban J connectivity index is 2.12. The normalized spacial score (nSPS) is 12.8. The van der Waals surface area contributed by atoms with E-state index in [9.17, 15) is 4.21 Å². The Labute approximate surface area is 96.3 Å². The summed E-state index contributed by atoms with van der Waals surface area (Å²) in [4.78, 5) is 8.54. The van der Waals surface area contributed by atoms with E-state index in [1.165, 1.54) is 0 Å². The van der Waals surface area contributed by atoms with E-state index >= 15 is 0 Å². The van der Waals surface area contributed by atoms with Gasteiger partial charge in [0.2, 0.25) is 0 Å². The molecule has 4 heteroatoms. The van der Waals surface area contributed by atoms with Gasteiger partial charge >= 0.3 is 0 Å². The number of hydrogen-bond donors (Lipinski definition) is 0. The van der Waals surface area contributed by atoms with Crippen molar-refractivity contribution in [2.75, 3.05) is 0 Å². The zero-order valence-electron chi connectivity index (χ0n) is 8.48. The van der Waals surface area contributed by atoms with Crippen molar-refractivity contribution in [3.05, 3.63) is 60.0 Å². The molecule has 0 radical (unpaired) electrons. The van der Waals surface area contributed by atoms with E-state index in [0.717, 1.165) is 10.5 Å². The summed E-state index contributed by atoms with van der Waals surface area (Å²) in [5.41, 5.74) is 0.984. The monoisotopic (exact) mass is 230 g/mol. The van der Waals surface area contributed by atoms with Gasteiger partial charge in [0.25, 0.3) is 0 Å². The predicted octanol–water partition coefficient (Wildman–Crippen LogP) is 2.26. The van der Waals surface area contributed by atoms with E-state index < -0.39 is 10.8 Å². The summed E-state index contributed by atoms with van der Waals surface area (Å²) < 4.78 is 11.8. The standard InChI is InChI=1S/C12H10N2OS/c15-16(12-3-8-14-9-4-12)10-5-11-1-6-13-7-2-11/h1-10H/b10-5+. The van der Waals surface area contributed by atoms with Gasteiger partial charge < -0.3 is 0 Å². The predicted molar refractivity (Wildman–Crippen MR) is 63.9 cm³/mol. The zero-order valence-corrected chi connectivity index (χ0v) is 9.30. The zero-order chi connectivity index (χ0) is 11.2. The van der Waals surface area contributed by atoms with Crippen molar-refractivity contribution in [3.8, 4) is 0 Å². The summed E-state index contributed by atoms with van der Waals surface area (Å²) in [5.74, 6) is 0. The van der Waals surface area contributed by atoms with Crippen LogP contribution in [-0.2, 0) is 10.8 Å². The first-order valence-electron chi connectivity index (χ1n) is 4.75. The largest absolute Gasteiger partial charge is 0.265 e. The molecule has 0 N–H and O–H groups in total. The molecule has 16 heavy (non-hydrogen) atoms. The molecule has 2 heterocycles. The van der Waals surface area contributed by atoms with Gasteiger partial charge in [0, 0.05) is 35.1 Å². The maximum atomic E-state index is 11.8. The summed E-state index contributed by atoms with van der Waals surface area (Å²) in [6, 6.07) is 7.21. The van der Waals surface area contributed by atoms with Crippen LogP contribution in [-0.4, -0.2) is 14.2 Å². The molecular weight excluding hydrogens is 220 g/mol. The maximum Gasteiger partial charge on any atom is 0.0777 e. The second kappa shape index (κ2) is 5.32. The van der Waals surface area contributed by atoms with Crippen molar-refractivity contribution >= 4 is 16.9 Å². The van der Waals surface area contributed by atoms with E-state index in [0.29, 0.717) is 0 Å². The quantitative estimate of drug-likeness (QED) is 0.812. The van der Waals surface area contributed by atoms with Gasteiger partial charge in [-0.05, 0) is 35.9 Å². The first-order valence-corrected chi connectivity index (χ1v) is 5.96. The molecule has 0 spiro atoms. The highest BCUT2D eigenvalue weighted by Gasteiger charge is 1.97. The van der Waals surface area contributed by atoms with Crippen molar-refractivity contribution in [1.29, 1.82) is 0 Å². The van der Waals surface area contributed by atoms with E-state index in [2.05, 4.69) is 9.97 Å². The minimum Gasteiger partial charge on any atom is -0.265 e. The van der Waals surface area contributed by atoms with Gasteiger partial charge in [-0.3, -0.25) is 9.97 Å². The first kappa shape index (κ1) is 10.7. The lowest BCUT2D eigenvalue weighted by Gasteiger charge is -1.95. The molecule has 2 aromatic heterocycles. The molecule has 0 aromatic carbocycles. The number of hydrogen-bond acceptors (Lipinski definition) is 3. The fourth-order valence-electron chi connectivity index (χ4n) is 1.17. The minimum absolute atomic E-state index is 0.750. The number of nitrogens with zero attached hydrogens (tertiary/aromatic N) is 2. The molecule has 0 fully saturated rings. The SMILES string of the molecule is O=S(/C=C/c1ccncc1)c1ccncc1. The Kier molecular flexibility index (Phi) is 3.56. The fraction of sp³-hybridized carbons (Fsp3) is 0. The summed E-state index contributed by atoms with van der Waals surface area (Å²) >= 11 is 0. The summed E-state index contributed by atoms with van der Waals surface area (Å²) in [6.45, 7) is 0. The molecular formula is C12H10N2OS. The molecule has 0 saturated carbocycles. The number of rotatable bonds is 3. The van der Waals surface area contributed by atoms with Crippen LogP contribution >= 0.6 is 0 Å². The lowest BCUT2D eigenvalue weighted by atomic mass is 10.3. The summed E-state index contributed by atoms with van der Waals surface area (Å²) in [7, 11) is -1.12. The minimum atomic E-state index is -1.12. The maximum absolute atomic E-state index is 11.8. The number of aromatic nitrogens is 2. The highest BCUT2D eigenvalue weighted by molar-refractivity contribution is 7.88. The van der Waals surface area contributed by atoms with Gasteiger partial charge in [-0.25, -0.2) is 4.21 Å². The molecule has 2 aromatic rings. The van der Waals surface area contributed by atoms with Crippen LogP contribution in [0.1, 0.15) is 5.56 Å². The molecule has 0 amide bonds. The Morgan fingerprint density at radius 1 is 0.938 bits per heavy atom. The third kappa shape index (κ3) is 2.84. The van der Waals surface area contributed by atoms with Crippen LogP contribution in [0.25, 0.3) is 6.08 Å². The Morgan fingerprint density at radius 3 is 2.12 bits per heavy atom. The van der Waals surface area contributed by atoms with E-state index in [-0.39, 0.29) is 0 Å². The molecule has 0 aliphatic carbocycles. The summed E-state index contributed by atoms with van der Waals surface area (Å²) in [5, 5.41) is 1.66. The van der Waals surface area contributed by atoms with Crippen molar-refractivity contribution in [1.82, 2.24) is 9.97 Å². The lowest BCUT2D eigenvalue weighted by molar-refractivity contribution is 0.688. The van der Waals surface area contributed by atoms with Gasteiger partial charge in [0.1, 0.15) is 0 Å². The van der Waals surface area contributed by atoms with Crippen molar-refractivity contribution < 1.29 is 4.21 Å². The van der Waals surface area contributed by atoms with Crippen LogP contribution in [0, 0.1) is 0 Å². The average molecular weight is 230 g/mol. The van der Waals surface area contributed by atoms with Gasteiger partial charge in [-0.2, -0.15) is 0 Å². The molecule has 1 unspecified atom stereocenters. The van der Waals surface area contributed by atoms with E-state index in [4.69, 9.17) is 0 Å². The molecule has 3 nitrogen and oxygen atoms in total. The highest BCUT2D eigenvalue weighted by atomic mass is 32.2. The second-order valence-electron chi connectivity index (χ2n) is 3.06. The van der Waals surface area contributed by atoms with E-state index in [1.54, 1.807) is 42.3 Å². The fourth-order valence-corrected chi connectivity index (χ4v) is 1.99. The third-order valence-corrected chi connectivity index (χ3v) is 3.09. The third-order valence-electron chi connectivity index (χ3n) is 1.97. The Bertz CT molecular complexity index is 497. The number of pyridine rings is 2. The molecule has 80 valence electrons. The van der Waals surface area contributed by atoms with Gasteiger partial charge in [0.05, 0.1) is 10.8 Å². The molecule has 0 aliphatic heterocycles. The van der Waals surface area contributed by atoms with Crippen molar-refractivity contribution in [3.63, 3.8) is 0 Å². The Hall–Kier alpha value is -1.81. The molecule has 2 rings (SSSR count). The van der Waals surface area contributed by atoms with Crippen LogP contribution in [0.5, 0.6) is 0 Å². The molecule has 0 bridgehead atoms. The summed E-state index contributed by atoms with van der Waals surface area (Å²) in [6.07, 6.45) is 8.49. The Morgan fingerprint density at radius 2 is 1.50 bits per heavy atom. The average Bonchev–Trinajstić information content (AvgIpc) is 2.38.